The second-order valence-electron chi connectivity index (χ2n) is 4.82. The summed E-state index contributed by atoms with van der Waals surface area (Å²) < 4.78 is 9.86. The number of hydrogen-bond acceptors (Lipinski definition) is 5. The lowest BCUT2D eigenvalue weighted by Gasteiger charge is -2.18. The minimum absolute atomic E-state index is 0.0515. The van der Waals surface area contributed by atoms with Crippen molar-refractivity contribution in [3.05, 3.63) is 24.3 Å². The highest BCUT2D eigenvalue weighted by Crippen LogP contribution is 2.13. The van der Waals surface area contributed by atoms with Crippen LogP contribution in [0.1, 0.15) is 34.1 Å². The minimum atomic E-state index is -0.910. The van der Waals surface area contributed by atoms with Gasteiger partial charge in [0, 0.05) is 13.8 Å². The molecule has 19 heavy (non-hydrogen) atoms. The maximum atomic E-state index is 11.0. The van der Waals surface area contributed by atoms with Gasteiger partial charge in [-0.05, 0) is 25.8 Å². The van der Waals surface area contributed by atoms with Gasteiger partial charge in [0.05, 0.1) is 5.60 Å². The molecule has 0 bridgehead atoms. The number of hydrogen-bond donors (Lipinski definition) is 1. The maximum Gasteiger partial charge on any atom is 0.303 e. The van der Waals surface area contributed by atoms with E-state index in [9.17, 15) is 14.7 Å². The van der Waals surface area contributed by atoms with Crippen LogP contribution in [0.15, 0.2) is 24.3 Å². The summed E-state index contributed by atoms with van der Waals surface area (Å²) in [6.07, 6.45) is 3.10. The van der Waals surface area contributed by atoms with E-state index >= 15 is 0 Å². The zero-order valence-electron chi connectivity index (χ0n) is 11.9. The molecule has 5 nitrogen and oxygen atoms in total. The fourth-order valence-electron chi connectivity index (χ4n) is 1.26. The molecule has 0 saturated heterocycles. The van der Waals surface area contributed by atoms with Gasteiger partial charge in [0.25, 0.3) is 0 Å². The Bertz CT molecular complexity index is 363. The Morgan fingerprint density at radius 1 is 1.32 bits per heavy atom. The van der Waals surface area contributed by atoms with Gasteiger partial charge in [0.2, 0.25) is 0 Å². The Morgan fingerprint density at radius 2 is 1.89 bits per heavy atom. The molecule has 0 aromatic heterocycles. The van der Waals surface area contributed by atoms with Gasteiger partial charge in [-0.15, -0.1) is 0 Å². The smallest absolute Gasteiger partial charge is 0.303 e. The topological polar surface area (TPSA) is 72.8 Å². The van der Waals surface area contributed by atoms with Crippen molar-refractivity contribution in [2.75, 3.05) is 6.61 Å². The van der Waals surface area contributed by atoms with Crippen LogP contribution in [0, 0.1) is 0 Å². The van der Waals surface area contributed by atoms with Gasteiger partial charge < -0.3 is 14.6 Å². The summed E-state index contributed by atoms with van der Waals surface area (Å²) in [5.41, 5.74) is -0.315. The quantitative estimate of drug-likeness (QED) is 0.563. The van der Waals surface area contributed by atoms with Crippen molar-refractivity contribution in [3.8, 4) is 0 Å². The summed E-state index contributed by atoms with van der Waals surface area (Å²) in [6, 6.07) is 0. The molecule has 0 aromatic rings. The summed E-state index contributed by atoms with van der Waals surface area (Å²) in [7, 11) is 0. The van der Waals surface area contributed by atoms with Gasteiger partial charge in [0.1, 0.15) is 6.61 Å². The second-order valence-corrected chi connectivity index (χ2v) is 4.82. The van der Waals surface area contributed by atoms with Gasteiger partial charge >= 0.3 is 11.9 Å². The largest absolute Gasteiger partial charge is 0.462 e. The molecule has 0 heterocycles. The first-order chi connectivity index (χ1) is 8.61. The number of ether oxygens (including phenoxy) is 2. The molecule has 0 rings (SSSR count). The number of rotatable bonds is 7. The third-order valence-corrected chi connectivity index (χ3v) is 2.11. The summed E-state index contributed by atoms with van der Waals surface area (Å²) in [4.78, 5) is 21.7. The predicted molar refractivity (Wildman–Crippen MR) is 71.4 cm³/mol. The summed E-state index contributed by atoms with van der Waals surface area (Å²) in [6.45, 7) is 9.61. The molecule has 0 aromatic carbocycles. The van der Waals surface area contributed by atoms with Gasteiger partial charge in [-0.2, -0.15) is 0 Å². The molecule has 0 fully saturated rings. The van der Waals surface area contributed by atoms with Crippen molar-refractivity contribution in [2.45, 2.75) is 45.8 Å². The highest BCUT2D eigenvalue weighted by Gasteiger charge is 2.17. The van der Waals surface area contributed by atoms with E-state index in [1.54, 1.807) is 26.0 Å². The zero-order chi connectivity index (χ0) is 15.1. The molecule has 1 atom stereocenters. The van der Waals surface area contributed by atoms with E-state index in [-0.39, 0.29) is 6.61 Å². The molecule has 108 valence electrons. The number of carbonyl (C=O) groups excluding carboxylic acids is 2. The highest BCUT2D eigenvalue weighted by molar-refractivity contribution is 5.67. The SMILES string of the molecule is C=C(C/C=C/C(C)(C)O)C(COC(C)=O)OC(C)=O. The molecule has 0 spiro atoms. The van der Waals surface area contributed by atoms with E-state index in [1.807, 2.05) is 0 Å². The molecule has 0 aliphatic rings. The Hall–Kier alpha value is -1.62. The van der Waals surface area contributed by atoms with Crippen LogP contribution in [-0.4, -0.2) is 35.4 Å². The minimum Gasteiger partial charge on any atom is -0.462 e. The van der Waals surface area contributed by atoms with Gasteiger partial charge in [-0.25, -0.2) is 0 Å². The summed E-state index contributed by atoms with van der Waals surface area (Å²) >= 11 is 0. The predicted octanol–water partition coefficient (Wildman–Crippen LogP) is 1.75. The van der Waals surface area contributed by atoms with E-state index in [4.69, 9.17) is 9.47 Å². The van der Waals surface area contributed by atoms with Crippen molar-refractivity contribution in [3.63, 3.8) is 0 Å². The van der Waals surface area contributed by atoms with Crippen molar-refractivity contribution < 1.29 is 24.2 Å². The van der Waals surface area contributed by atoms with Crippen LogP contribution < -0.4 is 0 Å². The van der Waals surface area contributed by atoms with Crippen LogP contribution >= 0.6 is 0 Å². The Morgan fingerprint density at radius 3 is 2.32 bits per heavy atom. The van der Waals surface area contributed by atoms with E-state index < -0.39 is 23.6 Å². The molecule has 1 N–H and O–H groups in total. The lowest BCUT2D eigenvalue weighted by molar-refractivity contribution is -0.154. The zero-order valence-corrected chi connectivity index (χ0v) is 11.9. The van der Waals surface area contributed by atoms with Gasteiger partial charge in [-0.1, -0.05) is 18.7 Å². The molecular formula is C14H22O5. The van der Waals surface area contributed by atoms with E-state index in [2.05, 4.69) is 6.58 Å². The number of carbonyl (C=O) groups is 2. The number of esters is 2. The fourth-order valence-corrected chi connectivity index (χ4v) is 1.26. The van der Waals surface area contributed by atoms with Crippen LogP contribution in [-0.2, 0) is 19.1 Å². The van der Waals surface area contributed by atoms with Crippen LogP contribution in [0.2, 0.25) is 0 Å². The van der Waals surface area contributed by atoms with Crippen molar-refractivity contribution in [2.24, 2.45) is 0 Å². The molecular weight excluding hydrogens is 248 g/mol. The Balaban J connectivity index is 4.49. The third kappa shape index (κ3) is 10.0. The second kappa shape index (κ2) is 7.74. The van der Waals surface area contributed by atoms with Crippen LogP contribution in [0.3, 0.4) is 0 Å². The molecule has 5 heteroatoms. The van der Waals surface area contributed by atoms with E-state index in [0.29, 0.717) is 12.0 Å². The van der Waals surface area contributed by atoms with E-state index in [1.165, 1.54) is 13.8 Å². The molecule has 0 aliphatic carbocycles. The molecule has 0 amide bonds. The lowest BCUT2D eigenvalue weighted by Crippen LogP contribution is -2.25. The fraction of sp³-hybridized carbons (Fsp3) is 0.571. The van der Waals surface area contributed by atoms with Gasteiger partial charge in [0.15, 0.2) is 6.10 Å². The number of allylic oxidation sites excluding steroid dienone is 1. The third-order valence-electron chi connectivity index (χ3n) is 2.11. The lowest BCUT2D eigenvalue weighted by atomic mass is 10.1. The first-order valence-corrected chi connectivity index (χ1v) is 6.00. The summed E-state index contributed by atoms with van der Waals surface area (Å²) in [5.74, 6) is -0.915. The van der Waals surface area contributed by atoms with Crippen LogP contribution in [0.5, 0.6) is 0 Å². The van der Waals surface area contributed by atoms with Gasteiger partial charge in [-0.3, -0.25) is 9.59 Å². The Kier molecular flexibility index (Phi) is 7.08. The first kappa shape index (κ1) is 17.4. The maximum absolute atomic E-state index is 11.0. The average Bonchev–Trinajstić information content (AvgIpc) is 2.21. The average molecular weight is 270 g/mol. The van der Waals surface area contributed by atoms with Crippen LogP contribution in [0.4, 0.5) is 0 Å². The first-order valence-electron chi connectivity index (χ1n) is 6.00. The Labute approximate surface area is 113 Å². The standard InChI is InChI=1S/C14H22O5/c1-10(7-6-8-14(4,5)17)13(19-12(3)16)9-18-11(2)15/h6,8,13,17H,1,7,9H2,2-5H3/b8-6+. The van der Waals surface area contributed by atoms with Crippen molar-refractivity contribution in [1.82, 2.24) is 0 Å². The molecule has 0 saturated carbocycles. The molecule has 0 radical (unpaired) electrons. The highest BCUT2D eigenvalue weighted by atomic mass is 16.6. The van der Waals surface area contributed by atoms with Crippen molar-refractivity contribution in [1.29, 1.82) is 0 Å². The van der Waals surface area contributed by atoms with E-state index in [0.717, 1.165) is 0 Å². The normalized spacial score (nSPS) is 13.1. The monoisotopic (exact) mass is 270 g/mol. The number of aliphatic hydroxyl groups is 1. The summed E-state index contributed by atoms with van der Waals surface area (Å²) in [5, 5.41) is 9.52. The molecule has 0 aliphatic heterocycles. The van der Waals surface area contributed by atoms with Crippen LogP contribution in [0.25, 0.3) is 0 Å². The molecule has 1 unspecified atom stereocenters. The van der Waals surface area contributed by atoms with Crippen molar-refractivity contribution >= 4 is 11.9 Å².